The summed E-state index contributed by atoms with van der Waals surface area (Å²) in [5.74, 6) is 0. The molecule has 2 heterocycles. The third-order valence-corrected chi connectivity index (χ3v) is 5.78. The minimum Gasteiger partial charge on any atom is -0.261 e. The number of rotatable bonds is 3. The van der Waals surface area contributed by atoms with Crippen molar-refractivity contribution in [2.45, 2.75) is 0 Å². The maximum Gasteiger partial charge on any atom is 0.0891 e. The van der Waals surface area contributed by atoms with Crippen molar-refractivity contribution in [3.63, 3.8) is 0 Å². The molecule has 6 rings (SSSR count). The molecule has 0 bridgehead atoms. The molecule has 4 nitrogen and oxygen atoms in total. The molecule has 4 aliphatic carbocycles. The SMILES string of the molecule is c1ccc2c(-c3cnccn3)cc(-c3cc(-c4cnccn4)c4cccccc3-4)c-2cc1. The lowest BCUT2D eigenvalue weighted by atomic mass is 10.00. The van der Waals surface area contributed by atoms with Crippen molar-refractivity contribution >= 4 is 0 Å². The van der Waals surface area contributed by atoms with Gasteiger partial charge in [0.15, 0.2) is 0 Å². The van der Waals surface area contributed by atoms with Crippen molar-refractivity contribution in [3.05, 3.63) is 110 Å². The molecule has 0 aliphatic heterocycles. The van der Waals surface area contributed by atoms with Crippen LogP contribution in [-0.2, 0) is 0 Å². The van der Waals surface area contributed by atoms with Crippen molar-refractivity contribution in [2.24, 2.45) is 0 Å². The molecule has 2 aromatic rings. The molecule has 4 aliphatic rings. The number of hydrogen-bond donors (Lipinski definition) is 0. The van der Waals surface area contributed by atoms with Crippen LogP contribution in [0.1, 0.15) is 0 Å². The van der Waals surface area contributed by atoms with Gasteiger partial charge in [0.05, 0.1) is 23.8 Å². The first-order valence-electron chi connectivity index (χ1n) is 10.5. The van der Waals surface area contributed by atoms with Crippen molar-refractivity contribution in [1.29, 1.82) is 0 Å². The molecule has 0 atom stereocenters. The van der Waals surface area contributed by atoms with Crippen LogP contribution in [0.4, 0.5) is 0 Å². The molecule has 0 N–H and O–H groups in total. The van der Waals surface area contributed by atoms with Gasteiger partial charge in [-0.25, -0.2) is 0 Å². The zero-order valence-electron chi connectivity index (χ0n) is 17.2. The Kier molecular flexibility index (Phi) is 4.40. The Morgan fingerprint density at radius 2 is 0.781 bits per heavy atom. The standard InChI is InChI=1S/C28H18N4/c1-3-7-19-21(9-5-1)25(27-17-29-11-13-31-27)15-23(19)24-16-26(28-18-30-12-14-32-28)22-10-6-2-4-8-20(22)24/h1-18H. The fourth-order valence-electron chi connectivity index (χ4n) is 4.38. The zero-order valence-corrected chi connectivity index (χ0v) is 17.2. The predicted molar refractivity (Wildman–Crippen MR) is 127 cm³/mol. The van der Waals surface area contributed by atoms with E-state index in [4.69, 9.17) is 0 Å². The van der Waals surface area contributed by atoms with E-state index in [-0.39, 0.29) is 0 Å². The minimum atomic E-state index is 0.866. The van der Waals surface area contributed by atoms with Crippen LogP contribution in [0, 0.1) is 0 Å². The summed E-state index contributed by atoms with van der Waals surface area (Å²) in [6, 6.07) is 25.5. The number of aromatic nitrogens is 4. The zero-order chi connectivity index (χ0) is 21.3. The molecule has 150 valence electrons. The van der Waals surface area contributed by atoms with Crippen LogP contribution in [-0.4, -0.2) is 19.9 Å². The first kappa shape index (κ1) is 18.3. The Balaban J connectivity index is 1.65. The van der Waals surface area contributed by atoms with E-state index in [1.807, 2.05) is 12.4 Å². The van der Waals surface area contributed by atoms with Crippen molar-refractivity contribution in [1.82, 2.24) is 19.9 Å². The summed E-state index contributed by atoms with van der Waals surface area (Å²) < 4.78 is 0. The third kappa shape index (κ3) is 3.01. The molecule has 0 spiro atoms. The van der Waals surface area contributed by atoms with E-state index in [1.165, 1.54) is 22.3 Å². The van der Waals surface area contributed by atoms with Gasteiger partial charge in [-0.3, -0.25) is 19.9 Å². The molecule has 0 fully saturated rings. The molecule has 2 aromatic heterocycles. The fraction of sp³-hybridized carbons (Fsp3) is 0. The summed E-state index contributed by atoms with van der Waals surface area (Å²) in [5, 5.41) is 0. The van der Waals surface area contributed by atoms with E-state index in [1.54, 1.807) is 24.8 Å². The predicted octanol–water partition coefficient (Wildman–Crippen LogP) is 6.48. The first-order valence-corrected chi connectivity index (χ1v) is 10.5. The summed E-state index contributed by atoms with van der Waals surface area (Å²) in [6.07, 6.45) is 10.5. The lowest BCUT2D eigenvalue weighted by molar-refractivity contribution is 1.21. The third-order valence-electron chi connectivity index (χ3n) is 5.78. The lowest BCUT2D eigenvalue weighted by Crippen LogP contribution is -1.83. The van der Waals surface area contributed by atoms with Crippen LogP contribution >= 0.6 is 0 Å². The Morgan fingerprint density at radius 1 is 0.375 bits per heavy atom. The molecular formula is C28H18N4. The number of hydrogen-bond acceptors (Lipinski definition) is 4. The van der Waals surface area contributed by atoms with Crippen molar-refractivity contribution < 1.29 is 0 Å². The van der Waals surface area contributed by atoms with Gasteiger partial charge in [0.25, 0.3) is 0 Å². The minimum absolute atomic E-state index is 0.866. The molecule has 0 saturated heterocycles. The second-order valence-corrected chi connectivity index (χ2v) is 7.60. The van der Waals surface area contributed by atoms with Crippen LogP contribution in [0.3, 0.4) is 0 Å². The summed E-state index contributed by atoms with van der Waals surface area (Å²) in [6.45, 7) is 0. The van der Waals surface area contributed by atoms with E-state index >= 15 is 0 Å². The van der Waals surface area contributed by atoms with Gasteiger partial charge >= 0.3 is 0 Å². The summed E-state index contributed by atoms with van der Waals surface area (Å²) in [7, 11) is 0. The fourth-order valence-corrected chi connectivity index (χ4v) is 4.38. The quantitative estimate of drug-likeness (QED) is 0.335. The summed E-state index contributed by atoms with van der Waals surface area (Å²) in [5.41, 5.74) is 10.9. The Hall–Kier alpha value is -4.44. The Morgan fingerprint density at radius 3 is 1.16 bits per heavy atom. The highest BCUT2D eigenvalue weighted by atomic mass is 14.8. The molecule has 0 unspecified atom stereocenters. The first-order chi connectivity index (χ1) is 15.9. The van der Waals surface area contributed by atoms with E-state index in [2.05, 4.69) is 92.7 Å². The van der Waals surface area contributed by atoms with Crippen LogP contribution < -0.4 is 0 Å². The van der Waals surface area contributed by atoms with Crippen LogP contribution in [0.25, 0.3) is 55.9 Å². The van der Waals surface area contributed by atoms with Crippen molar-refractivity contribution in [3.8, 4) is 55.9 Å². The molecular weight excluding hydrogens is 392 g/mol. The monoisotopic (exact) mass is 410 g/mol. The molecule has 0 saturated carbocycles. The Bertz CT molecular complexity index is 1350. The van der Waals surface area contributed by atoms with Crippen LogP contribution in [0.2, 0.25) is 0 Å². The average molecular weight is 410 g/mol. The van der Waals surface area contributed by atoms with Gasteiger partial charge in [-0.15, -0.1) is 0 Å². The average Bonchev–Trinajstić information content (AvgIpc) is 3.14. The molecule has 0 radical (unpaired) electrons. The molecule has 32 heavy (non-hydrogen) atoms. The second kappa shape index (κ2) is 7.67. The normalized spacial score (nSPS) is 11.1. The molecule has 4 heteroatoms. The van der Waals surface area contributed by atoms with Gasteiger partial charge < -0.3 is 0 Å². The molecule has 0 amide bonds. The Labute approximate surface area is 186 Å². The number of fused-ring (bicyclic) bond motifs is 2. The van der Waals surface area contributed by atoms with E-state index < -0.39 is 0 Å². The van der Waals surface area contributed by atoms with Gasteiger partial charge in [0, 0.05) is 35.9 Å². The second-order valence-electron chi connectivity index (χ2n) is 7.60. The molecule has 0 aromatic carbocycles. The maximum absolute atomic E-state index is 4.57. The number of nitrogens with zero attached hydrogens (tertiary/aromatic N) is 4. The lowest BCUT2D eigenvalue weighted by Gasteiger charge is -2.03. The van der Waals surface area contributed by atoms with Gasteiger partial charge in [0.1, 0.15) is 0 Å². The summed E-state index contributed by atoms with van der Waals surface area (Å²) in [4.78, 5) is 17.7. The van der Waals surface area contributed by atoms with Gasteiger partial charge in [-0.1, -0.05) is 60.7 Å². The highest BCUT2D eigenvalue weighted by molar-refractivity contribution is 6.04. The highest BCUT2D eigenvalue weighted by Gasteiger charge is 2.24. The van der Waals surface area contributed by atoms with Gasteiger partial charge in [0.2, 0.25) is 0 Å². The van der Waals surface area contributed by atoms with E-state index in [0.29, 0.717) is 0 Å². The van der Waals surface area contributed by atoms with E-state index in [9.17, 15) is 0 Å². The van der Waals surface area contributed by atoms with Crippen LogP contribution in [0.15, 0.2) is 110 Å². The summed E-state index contributed by atoms with van der Waals surface area (Å²) >= 11 is 0. The largest absolute Gasteiger partial charge is 0.261 e. The van der Waals surface area contributed by atoms with Crippen LogP contribution in [0.5, 0.6) is 0 Å². The smallest absolute Gasteiger partial charge is 0.0891 e. The van der Waals surface area contributed by atoms with Gasteiger partial charge in [-0.05, 0) is 45.5 Å². The van der Waals surface area contributed by atoms with Crippen molar-refractivity contribution in [2.75, 3.05) is 0 Å². The van der Waals surface area contributed by atoms with E-state index in [0.717, 1.165) is 33.6 Å². The van der Waals surface area contributed by atoms with Gasteiger partial charge in [-0.2, -0.15) is 0 Å². The topological polar surface area (TPSA) is 51.6 Å². The maximum atomic E-state index is 4.57. The highest BCUT2D eigenvalue weighted by Crippen LogP contribution is 2.49.